The Morgan fingerprint density at radius 3 is 2.18 bits per heavy atom. The molecular weight excluding hydrogens is 212 g/mol. The van der Waals surface area contributed by atoms with Crippen molar-refractivity contribution in [1.82, 2.24) is 14.7 Å². The molecular formula is C13H28N4. The average Bonchev–Trinajstić information content (AvgIpc) is 2.26. The molecule has 0 saturated carbocycles. The van der Waals surface area contributed by atoms with E-state index in [9.17, 15) is 0 Å². The molecule has 0 aromatic carbocycles. The van der Waals surface area contributed by atoms with E-state index in [1.165, 1.54) is 52.1 Å². The van der Waals surface area contributed by atoms with Gasteiger partial charge in [-0.3, -0.25) is 9.80 Å². The summed E-state index contributed by atoms with van der Waals surface area (Å²) in [6.07, 6.45) is 2.39. The van der Waals surface area contributed by atoms with Gasteiger partial charge in [-0.15, -0.1) is 0 Å². The monoisotopic (exact) mass is 240 g/mol. The molecule has 0 unspecified atom stereocenters. The van der Waals surface area contributed by atoms with Crippen LogP contribution in [0.4, 0.5) is 0 Å². The van der Waals surface area contributed by atoms with Crippen LogP contribution in [0.5, 0.6) is 0 Å². The minimum atomic E-state index is 0.136. The Morgan fingerprint density at radius 2 is 1.59 bits per heavy atom. The molecule has 0 spiro atoms. The number of nitrogens with zero attached hydrogens (tertiary/aromatic N) is 3. The molecule has 17 heavy (non-hydrogen) atoms. The molecule has 2 rings (SSSR count). The van der Waals surface area contributed by atoms with Gasteiger partial charge in [0, 0.05) is 57.9 Å². The number of piperazine rings is 1. The predicted octanol–water partition coefficient (Wildman–Crippen LogP) is 0.0470. The molecule has 0 bridgehead atoms. The summed E-state index contributed by atoms with van der Waals surface area (Å²) in [5.41, 5.74) is 6.40. The van der Waals surface area contributed by atoms with Crippen molar-refractivity contribution in [2.45, 2.75) is 25.3 Å². The summed E-state index contributed by atoms with van der Waals surface area (Å²) >= 11 is 0. The Hall–Kier alpha value is -0.160. The first-order valence-corrected chi connectivity index (χ1v) is 7.03. The number of rotatable bonds is 5. The molecule has 0 aliphatic carbocycles. The first-order chi connectivity index (χ1) is 8.11. The molecule has 0 radical (unpaired) electrons. The van der Waals surface area contributed by atoms with Crippen LogP contribution in [0.25, 0.3) is 0 Å². The molecule has 0 amide bonds. The zero-order chi connectivity index (χ0) is 12.3. The van der Waals surface area contributed by atoms with Crippen LogP contribution in [-0.2, 0) is 0 Å². The Kier molecular flexibility index (Phi) is 4.42. The number of likely N-dealkylation sites (N-methyl/N-ethyl adjacent to an activating group) is 1. The first kappa shape index (κ1) is 13.3. The lowest BCUT2D eigenvalue weighted by Gasteiger charge is -2.48. The SMILES string of the molecule is CCCC1(N)CN(CCN2CCN(C)CC2)C1. The minimum absolute atomic E-state index is 0.136. The van der Waals surface area contributed by atoms with Crippen LogP contribution in [0.3, 0.4) is 0 Å². The molecule has 4 nitrogen and oxygen atoms in total. The van der Waals surface area contributed by atoms with Crippen LogP contribution in [0.2, 0.25) is 0 Å². The molecule has 2 aliphatic rings. The summed E-state index contributed by atoms with van der Waals surface area (Å²) in [5, 5.41) is 0. The van der Waals surface area contributed by atoms with Gasteiger partial charge in [0.25, 0.3) is 0 Å². The van der Waals surface area contributed by atoms with Crippen molar-refractivity contribution in [2.75, 3.05) is 59.4 Å². The quantitative estimate of drug-likeness (QED) is 0.736. The highest BCUT2D eigenvalue weighted by Gasteiger charge is 2.37. The molecule has 4 heteroatoms. The summed E-state index contributed by atoms with van der Waals surface area (Å²) in [6.45, 7) is 11.8. The summed E-state index contributed by atoms with van der Waals surface area (Å²) in [7, 11) is 2.21. The van der Waals surface area contributed by atoms with Crippen LogP contribution in [-0.4, -0.2) is 79.6 Å². The second-order valence-corrected chi connectivity index (χ2v) is 5.97. The second kappa shape index (κ2) is 5.65. The van der Waals surface area contributed by atoms with Gasteiger partial charge in [-0.2, -0.15) is 0 Å². The lowest BCUT2D eigenvalue weighted by Crippen LogP contribution is -2.67. The highest BCUT2D eigenvalue weighted by molar-refractivity contribution is 4.99. The molecule has 2 heterocycles. The maximum atomic E-state index is 6.27. The van der Waals surface area contributed by atoms with E-state index in [2.05, 4.69) is 28.7 Å². The molecule has 100 valence electrons. The third-order valence-corrected chi connectivity index (χ3v) is 4.15. The van der Waals surface area contributed by atoms with Crippen molar-refractivity contribution in [3.05, 3.63) is 0 Å². The van der Waals surface area contributed by atoms with Crippen molar-refractivity contribution in [3.63, 3.8) is 0 Å². The van der Waals surface area contributed by atoms with E-state index in [1.54, 1.807) is 0 Å². The largest absolute Gasteiger partial charge is 0.323 e. The summed E-state index contributed by atoms with van der Waals surface area (Å²) in [4.78, 5) is 7.50. The zero-order valence-corrected chi connectivity index (χ0v) is 11.5. The summed E-state index contributed by atoms with van der Waals surface area (Å²) < 4.78 is 0. The van der Waals surface area contributed by atoms with Gasteiger partial charge in [0.05, 0.1) is 0 Å². The van der Waals surface area contributed by atoms with E-state index in [4.69, 9.17) is 5.73 Å². The highest BCUT2D eigenvalue weighted by Crippen LogP contribution is 2.22. The fourth-order valence-corrected chi connectivity index (χ4v) is 3.01. The minimum Gasteiger partial charge on any atom is -0.323 e. The third-order valence-electron chi connectivity index (χ3n) is 4.15. The Labute approximate surface area is 106 Å². The molecule has 2 aliphatic heterocycles. The van der Waals surface area contributed by atoms with Crippen molar-refractivity contribution < 1.29 is 0 Å². The predicted molar refractivity (Wildman–Crippen MR) is 72.2 cm³/mol. The maximum Gasteiger partial charge on any atom is 0.0412 e. The summed E-state index contributed by atoms with van der Waals surface area (Å²) in [6, 6.07) is 0. The maximum absolute atomic E-state index is 6.27. The van der Waals surface area contributed by atoms with Crippen molar-refractivity contribution in [1.29, 1.82) is 0 Å². The fourth-order valence-electron chi connectivity index (χ4n) is 3.01. The van der Waals surface area contributed by atoms with Gasteiger partial charge in [0.15, 0.2) is 0 Å². The number of hydrogen-bond acceptors (Lipinski definition) is 4. The van der Waals surface area contributed by atoms with E-state index in [0.29, 0.717) is 0 Å². The Balaban J connectivity index is 1.58. The lowest BCUT2D eigenvalue weighted by atomic mass is 9.86. The molecule has 2 N–H and O–H groups in total. The fraction of sp³-hybridized carbons (Fsp3) is 1.00. The van der Waals surface area contributed by atoms with E-state index in [0.717, 1.165) is 13.1 Å². The second-order valence-electron chi connectivity index (χ2n) is 5.97. The molecule has 0 atom stereocenters. The standard InChI is InChI=1S/C13H28N4/c1-3-4-13(14)11-17(12-13)10-9-16-7-5-15(2)6-8-16/h3-12,14H2,1-2H3. The first-order valence-electron chi connectivity index (χ1n) is 7.03. The van der Waals surface area contributed by atoms with Crippen LogP contribution in [0.15, 0.2) is 0 Å². The Bertz CT molecular complexity index is 230. The van der Waals surface area contributed by atoms with Gasteiger partial charge in [-0.25, -0.2) is 0 Å². The van der Waals surface area contributed by atoms with Gasteiger partial charge in [0.1, 0.15) is 0 Å². The zero-order valence-electron chi connectivity index (χ0n) is 11.5. The molecule has 2 saturated heterocycles. The molecule has 2 fully saturated rings. The van der Waals surface area contributed by atoms with Crippen molar-refractivity contribution in [3.8, 4) is 0 Å². The number of nitrogens with two attached hydrogens (primary N) is 1. The van der Waals surface area contributed by atoms with Gasteiger partial charge < -0.3 is 10.6 Å². The van der Waals surface area contributed by atoms with Gasteiger partial charge in [0.2, 0.25) is 0 Å². The average molecular weight is 240 g/mol. The Morgan fingerprint density at radius 1 is 1.00 bits per heavy atom. The normalized spacial score (nSPS) is 27.0. The van der Waals surface area contributed by atoms with Gasteiger partial charge in [-0.1, -0.05) is 13.3 Å². The van der Waals surface area contributed by atoms with E-state index in [-0.39, 0.29) is 5.54 Å². The van der Waals surface area contributed by atoms with Crippen LogP contribution in [0, 0.1) is 0 Å². The third kappa shape index (κ3) is 3.65. The van der Waals surface area contributed by atoms with Gasteiger partial charge in [-0.05, 0) is 13.5 Å². The van der Waals surface area contributed by atoms with Crippen LogP contribution >= 0.6 is 0 Å². The van der Waals surface area contributed by atoms with E-state index >= 15 is 0 Å². The van der Waals surface area contributed by atoms with Gasteiger partial charge >= 0.3 is 0 Å². The van der Waals surface area contributed by atoms with Crippen molar-refractivity contribution >= 4 is 0 Å². The summed E-state index contributed by atoms with van der Waals surface area (Å²) in [5.74, 6) is 0. The smallest absolute Gasteiger partial charge is 0.0412 e. The number of hydrogen-bond donors (Lipinski definition) is 1. The topological polar surface area (TPSA) is 35.7 Å². The lowest BCUT2D eigenvalue weighted by molar-refractivity contribution is 0.0470. The molecule has 0 aromatic heterocycles. The van der Waals surface area contributed by atoms with E-state index in [1.807, 2.05) is 0 Å². The van der Waals surface area contributed by atoms with Crippen LogP contribution < -0.4 is 5.73 Å². The number of likely N-dealkylation sites (tertiary alicyclic amines) is 1. The molecule has 0 aromatic rings. The van der Waals surface area contributed by atoms with E-state index < -0.39 is 0 Å². The van der Waals surface area contributed by atoms with Crippen molar-refractivity contribution in [2.24, 2.45) is 5.73 Å². The van der Waals surface area contributed by atoms with Crippen LogP contribution in [0.1, 0.15) is 19.8 Å². The highest BCUT2D eigenvalue weighted by atomic mass is 15.3.